The van der Waals surface area contributed by atoms with Gasteiger partial charge in [-0.1, -0.05) is 55.0 Å². The van der Waals surface area contributed by atoms with E-state index in [1.165, 1.54) is 5.56 Å². The minimum atomic E-state index is -0.176. The minimum absolute atomic E-state index is 0.0221. The minimum Gasteiger partial charge on any atom is -0.369 e. The number of primary amides is 1. The molecule has 0 spiro atoms. The standard InChI is InChI=1S/C20H20N2O/c21-13-12-14-4-6-15(7-5-14)16-8-10-17(11-9-16)18-2-1-3-19(18)20(22)23/h4-11,18-19H,1-3,12H2,(H2,22,23). The van der Waals surface area contributed by atoms with Crippen LogP contribution in [0.1, 0.15) is 36.3 Å². The van der Waals surface area contributed by atoms with Crippen LogP contribution in [0, 0.1) is 17.2 Å². The van der Waals surface area contributed by atoms with Gasteiger partial charge in [0.15, 0.2) is 0 Å². The van der Waals surface area contributed by atoms with E-state index in [-0.39, 0.29) is 17.7 Å². The zero-order valence-electron chi connectivity index (χ0n) is 13.0. The Morgan fingerprint density at radius 3 is 2.22 bits per heavy atom. The van der Waals surface area contributed by atoms with Crippen LogP contribution in [0.2, 0.25) is 0 Å². The van der Waals surface area contributed by atoms with Gasteiger partial charge in [0, 0.05) is 5.92 Å². The predicted octanol–water partition coefficient (Wildman–Crippen LogP) is 3.79. The molecular formula is C20H20N2O. The van der Waals surface area contributed by atoms with E-state index in [9.17, 15) is 4.79 Å². The number of nitrogens with zero attached hydrogens (tertiary/aromatic N) is 1. The van der Waals surface area contributed by atoms with Crippen molar-refractivity contribution in [2.45, 2.75) is 31.6 Å². The third-order valence-corrected chi connectivity index (χ3v) is 4.79. The number of benzene rings is 2. The Morgan fingerprint density at radius 1 is 1.04 bits per heavy atom. The summed E-state index contributed by atoms with van der Waals surface area (Å²) in [7, 11) is 0. The molecule has 116 valence electrons. The lowest BCUT2D eigenvalue weighted by atomic mass is 9.87. The summed E-state index contributed by atoms with van der Waals surface area (Å²) in [4.78, 5) is 11.6. The first-order valence-corrected chi connectivity index (χ1v) is 8.04. The van der Waals surface area contributed by atoms with E-state index in [4.69, 9.17) is 11.0 Å². The van der Waals surface area contributed by atoms with Crippen molar-refractivity contribution in [2.24, 2.45) is 11.7 Å². The number of hydrogen-bond acceptors (Lipinski definition) is 2. The van der Waals surface area contributed by atoms with Crippen molar-refractivity contribution in [1.29, 1.82) is 5.26 Å². The monoisotopic (exact) mass is 304 g/mol. The second-order valence-electron chi connectivity index (χ2n) is 6.20. The fourth-order valence-corrected chi connectivity index (χ4v) is 3.53. The van der Waals surface area contributed by atoms with Gasteiger partial charge in [-0.3, -0.25) is 4.79 Å². The number of carbonyl (C=O) groups excluding carboxylic acids is 1. The lowest BCUT2D eigenvalue weighted by Crippen LogP contribution is -2.25. The van der Waals surface area contributed by atoms with Gasteiger partial charge in [-0.2, -0.15) is 5.26 Å². The van der Waals surface area contributed by atoms with Crippen molar-refractivity contribution in [3.63, 3.8) is 0 Å². The third-order valence-electron chi connectivity index (χ3n) is 4.79. The van der Waals surface area contributed by atoms with Crippen LogP contribution in [0.4, 0.5) is 0 Å². The average molecular weight is 304 g/mol. The highest BCUT2D eigenvalue weighted by Gasteiger charge is 2.32. The van der Waals surface area contributed by atoms with Gasteiger partial charge in [0.05, 0.1) is 12.5 Å². The van der Waals surface area contributed by atoms with E-state index in [1.807, 2.05) is 24.3 Å². The fourth-order valence-electron chi connectivity index (χ4n) is 3.53. The van der Waals surface area contributed by atoms with Gasteiger partial charge in [0.25, 0.3) is 0 Å². The Kier molecular flexibility index (Phi) is 4.43. The molecule has 1 amide bonds. The lowest BCUT2D eigenvalue weighted by Gasteiger charge is -2.17. The maximum absolute atomic E-state index is 11.6. The first kappa shape index (κ1) is 15.3. The predicted molar refractivity (Wildman–Crippen MR) is 90.5 cm³/mol. The summed E-state index contributed by atoms with van der Waals surface area (Å²) in [6.07, 6.45) is 3.45. The molecule has 0 saturated heterocycles. The molecule has 2 aromatic rings. The van der Waals surface area contributed by atoms with E-state index in [0.29, 0.717) is 6.42 Å². The van der Waals surface area contributed by atoms with E-state index >= 15 is 0 Å². The topological polar surface area (TPSA) is 66.9 Å². The summed E-state index contributed by atoms with van der Waals surface area (Å²) < 4.78 is 0. The second kappa shape index (κ2) is 6.66. The fraction of sp³-hybridized carbons (Fsp3) is 0.300. The van der Waals surface area contributed by atoms with E-state index in [0.717, 1.165) is 36.0 Å². The molecule has 0 aromatic heterocycles. The van der Waals surface area contributed by atoms with Crippen molar-refractivity contribution in [3.8, 4) is 17.2 Å². The lowest BCUT2D eigenvalue weighted by molar-refractivity contribution is -0.122. The van der Waals surface area contributed by atoms with Gasteiger partial charge >= 0.3 is 0 Å². The molecule has 2 unspecified atom stereocenters. The van der Waals surface area contributed by atoms with Crippen molar-refractivity contribution in [1.82, 2.24) is 0 Å². The van der Waals surface area contributed by atoms with Gasteiger partial charge in [0.2, 0.25) is 5.91 Å². The number of nitrogens with two attached hydrogens (primary N) is 1. The number of hydrogen-bond donors (Lipinski definition) is 1. The third kappa shape index (κ3) is 3.27. The van der Waals surface area contributed by atoms with E-state index in [1.54, 1.807) is 0 Å². The molecule has 0 bridgehead atoms. The summed E-state index contributed by atoms with van der Waals surface area (Å²) in [6, 6.07) is 18.7. The van der Waals surface area contributed by atoms with Crippen LogP contribution in [-0.4, -0.2) is 5.91 Å². The molecule has 3 rings (SSSR count). The van der Waals surface area contributed by atoms with Crippen molar-refractivity contribution in [3.05, 3.63) is 59.7 Å². The molecular weight excluding hydrogens is 284 g/mol. The highest BCUT2D eigenvalue weighted by Crippen LogP contribution is 2.39. The Hall–Kier alpha value is -2.60. The first-order chi connectivity index (χ1) is 11.2. The molecule has 1 aliphatic carbocycles. The van der Waals surface area contributed by atoms with Gasteiger partial charge in [-0.25, -0.2) is 0 Å². The summed E-state index contributed by atoms with van der Waals surface area (Å²) in [5, 5.41) is 8.72. The largest absolute Gasteiger partial charge is 0.369 e. The number of rotatable bonds is 4. The molecule has 2 atom stereocenters. The molecule has 1 fully saturated rings. The number of nitriles is 1. The summed E-state index contributed by atoms with van der Waals surface area (Å²) in [5.74, 6) is 0.0651. The van der Waals surface area contributed by atoms with Gasteiger partial charge in [-0.05, 0) is 41.0 Å². The van der Waals surface area contributed by atoms with Gasteiger partial charge in [0.1, 0.15) is 0 Å². The molecule has 23 heavy (non-hydrogen) atoms. The second-order valence-corrected chi connectivity index (χ2v) is 6.20. The maximum Gasteiger partial charge on any atom is 0.221 e. The summed E-state index contributed by atoms with van der Waals surface area (Å²) in [6.45, 7) is 0. The molecule has 0 heterocycles. The molecule has 2 aromatic carbocycles. The SMILES string of the molecule is N#CCc1ccc(-c2ccc(C3CCCC3C(N)=O)cc2)cc1. The van der Waals surface area contributed by atoms with Crippen LogP contribution in [0.25, 0.3) is 11.1 Å². The highest BCUT2D eigenvalue weighted by atomic mass is 16.1. The molecule has 3 heteroatoms. The molecule has 0 radical (unpaired) electrons. The van der Waals surface area contributed by atoms with Crippen LogP contribution in [-0.2, 0) is 11.2 Å². The molecule has 1 aliphatic rings. The Balaban J connectivity index is 1.79. The molecule has 1 saturated carbocycles. The van der Waals surface area contributed by atoms with Gasteiger partial charge < -0.3 is 5.73 Å². The van der Waals surface area contributed by atoms with Crippen molar-refractivity contribution in [2.75, 3.05) is 0 Å². The van der Waals surface area contributed by atoms with Crippen molar-refractivity contribution >= 4 is 5.91 Å². The zero-order chi connectivity index (χ0) is 16.2. The maximum atomic E-state index is 11.6. The molecule has 0 aliphatic heterocycles. The zero-order valence-corrected chi connectivity index (χ0v) is 13.0. The quantitative estimate of drug-likeness (QED) is 0.933. The molecule has 2 N–H and O–H groups in total. The van der Waals surface area contributed by atoms with Crippen LogP contribution >= 0.6 is 0 Å². The van der Waals surface area contributed by atoms with E-state index in [2.05, 4.69) is 30.3 Å². The Labute approximate surface area is 136 Å². The first-order valence-electron chi connectivity index (χ1n) is 8.04. The highest BCUT2D eigenvalue weighted by molar-refractivity contribution is 5.78. The van der Waals surface area contributed by atoms with Crippen molar-refractivity contribution < 1.29 is 4.79 Å². The summed E-state index contributed by atoms with van der Waals surface area (Å²) in [5.41, 5.74) is 10.0. The van der Waals surface area contributed by atoms with E-state index < -0.39 is 0 Å². The smallest absolute Gasteiger partial charge is 0.221 e. The van der Waals surface area contributed by atoms with Gasteiger partial charge in [-0.15, -0.1) is 0 Å². The van der Waals surface area contributed by atoms with Crippen LogP contribution in [0.15, 0.2) is 48.5 Å². The average Bonchev–Trinajstić information content (AvgIpc) is 3.06. The summed E-state index contributed by atoms with van der Waals surface area (Å²) >= 11 is 0. The van der Waals surface area contributed by atoms with Crippen LogP contribution < -0.4 is 5.73 Å². The number of amides is 1. The number of carbonyl (C=O) groups is 1. The van der Waals surface area contributed by atoms with Crippen LogP contribution in [0.3, 0.4) is 0 Å². The Morgan fingerprint density at radius 2 is 1.65 bits per heavy atom. The Bertz CT molecular complexity index is 726. The normalized spacial score (nSPS) is 20.1. The molecule has 3 nitrogen and oxygen atoms in total. The van der Waals surface area contributed by atoms with Crippen LogP contribution in [0.5, 0.6) is 0 Å².